The molecule has 0 aliphatic heterocycles. The van der Waals surface area contributed by atoms with Crippen LogP contribution >= 0.6 is 39.1 Å². The first-order chi connectivity index (χ1) is 9.58. The van der Waals surface area contributed by atoms with Crippen molar-refractivity contribution >= 4 is 51.3 Å². The third-order valence-corrected chi connectivity index (χ3v) is 3.60. The number of amides is 1. The van der Waals surface area contributed by atoms with Gasteiger partial charge in [0.05, 0.1) is 16.3 Å². The van der Waals surface area contributed by atoms with Gasteiger partial charge in [-0.25, -0.2) is 5.43 Å². The molecule has 0 saturated heterocycles. The van der Waals surface area contributed by atoms with E-state index in [0.717, 1.165) is 4.47 Å². The van der Waals surface area contributed by atoms with Gasteiger partial charge < -0.3 is 0 Å². The lowest BCUT2D eigenvalue weighted by molar-refractivity contribution is 0.0955. The van der Waals surface area contributed by atoms with Gasteiger partial charge in [-0.1, -0.05) is 51.3 Å². The lowest BCUT2D eigenvalue weighted by Crippen LogP contribution is -2.17. The van der Waals surface area contributed by atoms with E-state index in [4.69, 9.17) is 23.2 Å². The monoisotopic (exact) mass is 370 g/mol. The minimum atomic E-state index is -0.314. The number of hydrogen-bond acceptors (Lipinski definition) is 2. The summed E-state index contributed by atoms with van der Waals surface area (Å²) in [6.45, 7) is 0. The van der Waals surface area contributed by atoms with Crippen LogP contribution < -0.4 is 5.43 Å². The number of carbonyl (C=O) groups is 1. The predicted octanol–water partition coefficient (Wildman–Crippen LogP) is 4.52. The molecule has 0 aliphatic carbocycles. The molecule has 0 atom stereocenters. The van der Waals surface area contributed by atoms with Crippen LogP contribution in [0.4, 0.5) is 0 Å². The number of benzene rings is 2. The summed E-state index contributed by atoms with van der Waals surface area (Å²) in [4.78, 5) is 11.8. The molecular weight excluding hydrogens is 363 g/mol. The van der Waals surface area contributed by atoms with Gasteiger partial charge in [0, 0.05) is 15.6 Å². The van der Waals surface area contributed by atoms with Gasteiger partial charge in [-0.05, 0) is 30.3 Å². The smallest absolute Gasteiger partial charge is 0.267 e. The fraction of sp³-hybridized carbons (Fsp3) is 0. The van der Waals surface area contributed by atoms with Crippen LogP contribution in [-0.4, -0.2) is 12.1 Å². The maximum atomic E-state index is 11.8. The number of carbonyl (C=O) groups excluding carboxylic acids is 1. The topological polar surface area (TPSA) is 41.5 Å². The lowest BCUT2D eigenvalue weighted by atomic mass is 10.2. The standard InChI is InChI=1S/C14H9BrCl2N2O/c15-10-4-1-3-9(7-10)14(20)19-18-8-11-12(16)5-2-6-13(11)17/h1-8H,(H,19,20)/b18-8-. The fourth-order valence-corrected chi connectivity index (χ4v) is 2.38. The van der Waals surface area contributed by atoms with Crippen LogP contribution in [-0.2, 0) is 0 Å². The molecule has 2 rings (SSSR count). The van der Waals surface area contributed by atoms with E-state index in [2.05, 4.69) is 26.5 Å². The van der Waals surface area contributed by atoms with Crippen molar-refractivity contribution in [2.75, 3.05) is 0 Å². The second-order valence-electron chi connectivity index (χ2n) is 3.84. The summed E-state index contributed by atoms with van der Waals surface area (Å²) >= 11 is 15.3. The average molecular weight is 372 g/mol. The van der Waals surface area contributed by atoms with Crippen molar-refractivity contribution in [1.29, 1.82) is 0 Å². The molecule has 20 heavy (non-hydrogen) atoms. The number of nitrogens with zero attached hydrogens (tertiary/aromatic N) is 1. The van der Waals surface area contributed by atoms with Gasteiger partial charge in [0.2, 0.25) is 0 Å². The van der Waals surface area contributed by atoms with E-state index in [9.17, 15) is 4.79 Å². The van der Waals surface area contributed by atoms with Crippen molar-refractivity contribution in [3.05, 3.63) is 68.1 Å². The van der Waals surface area contributed by atoms with Crippen LogP contribution in [0.1, 0.15) is 15.9 Å². The van der Waals surface area contributed by atoms with E-state index in [1.165, 1.54) is 6.21 Å². The second kappa shape index (κ2) is 6.88. The maximum absolute atomic E-state index is 11.8. The van der Waals surface area contributed by atoms with E-state index < -0.39 is 0 Å². The first-order valence-corrected chi connectivity index (χ1v) is 7.16. The molecular formula is C14H9BrCl2N2O. The van der Waals surface area contributed by atoms with Crippen molar-refractivity contribution in [3.63, 3.8) is 0 Å². The molecule has 0 spiro atoms. The summed E-state index contributed by atoms with van der Waals surface area (Å²) in [5, 5.41) is 4.80. The Morgan fingerprint density at radius 1 is 1.15 bits per heavy atom. The van der Waals surface area contributed by atoms with Gasteiger partial charge in [-0.3, -0.25) is 4.79 Å². The molecule has 0 radical (unpaired) electrons. The van der Waals surface area contributed by atoms with Gasteiger partial charge in [0.25, 0.3) is 5.91 Å². The Hall–Kier alpha value is -1.36. The molecule has 102 valence electrons. The van der Waals surface area contributed by atoms with Crippen molar-refractivity contribution in [2.45, 2.75) is 0 Å². The molecule has 0 fully saturated rings. The quantitative estimate of drug-likeness (QED) is 0.625. The Bertz CT molecular complexity index is 654. The van der Waals surface area contributed by atoms with Gasteiger partial charge in [-0.15, -0.1) is 0 Å². The molecule has 0 unspecified atom stereocenters. The molecule has 6 heteroatoms. The largest absolute Gasteiger partial charge is 0.271 e. The minimum Gasteiger partial charge on any atom is -0.267 e. The van der Waals surface area contributed by atoms with Gasteiger partial charge >= 0.3 is 0 Å². The van der Waals surface area contributed by atoms with Crippen LogP contribution in [0.25, 0.3) is 0 Å². The summed E-state index contributed by atoms with van der Waals surface area (Å²) in [6.07, 6.45) is 1.42. The maximum Gasteiger partial charge on any atom is 0.271 e. The van der Waals surface area contributed by atoms with Crippen molar-refractivity contribution < 1.29 is 4.79 Å². The highest BCUT2D eigenvalue weighted by Crippen LogP contribution is 2.22. The first kappa shape index (κ1) is 15.0. The zero-order valence-electron chi connectivity index (χ0n) is 10.1. The van der Waals surface area contributed by atoms with Crippen LogP contribution in [0.3, 0.4) is 0 Å². The molecule has 0 saturated carbocycles. The summed E-state index contributed by atoms with van der Waals surface area (Å²) in [7, 11) is 0. The van der Waals surface area contributed by atoms with Crippen molar-refractivity contribution in [1.82, 2.24) is 5.43 Å². The third kappa shape index (κ3) is 3.82. The minimum absolute atomic E-state index is 0.314. The summed E-state index contributed by atoms with van der Waals surface area (Å²) in [5.41, 5.74) is 3.48. The van der Waals surface area contributed by atoms with Crippen LogP contribution in [0.2, 0.25) is 10.0 Å². The molecule has 0 bridgehead atoms. The Morgan fingerprint density at radius 2 is 1.80 bits per heavy atom. The Balaban J connectivity index is 2.09. The molecule has 0 aromatic heterocycles. The van der Waals surface area contributed by atoms with Crippen LogP contribution in [0, 0.1) is 0 Å². The van der Waals surface area contributed by atoms with E-state index in [1.54, 1.807) is 36.4 Å². The number of nitrogens with one attached hydrogen (secondary N) is 1. The second-order valence-corrected chi connectivity index (χ2v) is 5.57. The average Bonchev–Trinajstić information content (AvgIpc) is 2.42. The molecule has 0 aliphatic rings. The first-order valence-electron chi connectivity index (χ1n) is 5.61. The fourth-order valence-electron chi connectivity index (χ4n) is 1.48. The molecule has 2 aromatic carbocycles. The van der Waals surface area contributed by atoms with Crippen molar-refractivity contribution in [2.24, 2.45) is 5.10 Å². The highest BCUT2D eigenvalue weighted by Gasteiger charge is 2.05. The van der Waals surface area contributed by atoms with E-state index >= 15 is 0 Å². The van der Waals surface area contributed by atoms with Crippen LogP contribution in [0.15, 0.2) is 52.0 Å². The molecule has 0 heterocycles. The highest BCUT2D eigenvalue weighted by molar-refractivity contribution is 9.10. The van der Waals surface area contributed by atoms with E-state index in [-0.39, 0.29) is 5.91 Å². The highest BCUT2D eigenvalue weighted by atomic mass is 79.9. The van der Waals surface area contributed by atoms with Crippen molar-refractivity contribution in [3.8, 4) is 0 Å². The number of rotatable bonds is 3. The zero-order valence-corrected chi connectivity index (χ0v) is 13.2. The SMILES string of the molecule is O=C(N/N=C\c1c(Cl)cccc1Cl)c1cccc(Br)c1. The molecule has 2 aromatic rings. The Labute approximate surface area is 134 Å². The normalized spacial score (nSPS) is 10.8. The van der Waals surface area contributed by atoms with Gasteiger partial charge in [-0.2, -0.15) is 5.10 Å². The summed E-state index contributed by atoms with van der Waals surface area (Å²) in [5.74, 6) is -0.314. The zero-order chi connectivity index (χ0) is 14.5. The number of hydrogen-bond donors (Lipinski definition) is 1. The third-order valence-electron chi connectivity index (χ3n) is 2.45. The van der Waals surface area contributed by atoms with E-state index in [1.807, 2.05) is 6.07 Å². The predicted molar refractivity (Wildman–Crippen MR) is 85.7 cm³/mol. The summed E-state index contributed by atoms with van der Waals surface area (Å²) < 4.78 is 0.822. The number of hydrazone groups is 1. The van der Waals surface area contributed by atoms with E-state index in [0.29, 0.717) is 21.2 Å². The van der Waals surface area contributed by atoms with Gasteiger partial charge in [0.15, 0.2) is 0 Å². The molecule has 1 N–H and O–H groups in total. The summed E-state index contributed by atoms with van der Waals surface area (Å²) in [6, 6.07) is 12.1. The molecule has 3 nitrogen and oxygen atoms in total. The Morgan fingerprint density at radius 3 is 2.45 bits per heavy atom. The van der Waals surface area contributed by atoms with Crippen LogP contribution in [0.5, 0.6) is 0 Å². The lowest BCUT2D eigenvalue weighted by Gasteiger charge is -2.02. The molecule has 1 amide bonds. The number of halogens is 3. The van der Waals surface area contributed by atoms with Gasteiger partial charge in [0.1, 0.15) is 0 Å². The Kier molecular flexibility index (Phi) is 5.17.